The van der Waals surface area contributed by atoms with Gasteiger partial charge in [0.2, 0.25) is 5.91 Å². The van der Waals surface area contributed by atoms with Gasteiger partial charge < -0.3 is 10.4 Å². The number of carboxylic acids is 1. The minimum Gasteiger partial charge on any atom is -0.478 e. The van der Waals surface area contributed by atoms with Crippen molar-refractivity contribution >= 4 is 29.2 Å². The molecule has 0 fully saturated rings. The van der Waals surface area contributed by atoms with E-state index in [0.717, 1.165) is 0 Å². The van der Waals surface area contributed by atoms with Gasteiger partial charge in [0, 0.05) is 5.02 Å². The van der Waals surface area contributed by atoms with E-state index < -0.39 is 11.9 Å². The van der Waals surface area contributed by atoms with Crippen LogP contribution >= 0.6 is 11.6 Å². The summed E-state index contributed by atoms with van der Waals surface area (Å²) in [6, 6.07) is 9.68. The fourth-order valence-corrected chi connectivity index (χ4v) is 1.96. The summed E-state index contributed by atoms with van der Waals surface area (Å²) in [6.45, 7) is 0. The maximum atomic E-state index is 12.8. The SMILES string of the molecule is O=C(Cc1ccc(F)cc1)Nc1ccc(Cl)cc1C(=O)O. The Balaban J connectivity index is 2.12. The maximum Gasteiger partial charge on any atom is 0.337 e. The Hall–Kier alpha value is -2.40. The molecular weight excluding hydrogens is 297 g/mol. The first-order valence-corrected chi connectivity index (χ1v) is 6.40. The van der Waals surface area contributed by atoms with E-state index in [-0.39, 0.29) is 28.5 Å². The average molecular weight is 308 g/mol. The van der Waals surface area contributed by atoms with Crippen molar-refractivity contribution in [2.24, 2.45) is 0 Å². The smallest absolute Gasteiger partial charge is 0.337 e. The average Bonchev–Trinajstić information content (AvgIpc) is 2.43. The Morgan fingerprint density at radius 2 is 1.81 bits per heavy atom. The zero-order valence-electron chi connectivity index (χ0n) is 10.8. The first-order valence-electron chi connectivity index (χ1n) is 6.03. The number of rotatable bonds is 4. The molecule has 2 aromatic carbocycles. The Kier molecular flexibility index (Phi) is 4.55. The standard InChI is InChI=1S/C15H11ClFNO3/c16-10-3-6-13(12(8-10)15(20)21)18-14(19)7-9-1-4-11(17)5-2-9/h1-6,8H,7H2,(H,18,19)(H,20,21). The van der Waals surface area contributed by atoms with Crippen LogP contribution in [0.4, 0.5) is 10.1 Å². The number of aromatic carboxylic acids is 1. The van der Waals surface area contributed by atoms with Gasteiger partial charge in [0.25, 0.3) is 0 Å². The van der Waals surface area contributed by atoms with Gasteiger partial charge in [-0.3, -0.25) is 4.79 Å². The molecule has 2 N–H and O–H groups in total. The molecule has 2 aromatic rings. The lowest BCUT2D eigenvalue weighted by atomic mass is 10.1. The first-order chi connectivity index (χ1) is 9.95. The monoisotopic (exact) mass is 307 g/mol. The summed E-state index contributed by atoms with van der Waals surface area (Å²) in [5.74, 6) is -1.97. The number of anilines is 1. The van der Waals surface area contributed by atoms with Crippen LogP contribution in [0.1, 0.15) is 15.9 Å². The lowest BCUT2D eigenvalue weighted by Gasteiger charge is -2.09. The summed E-state index contributed by atoms with van der Waals surface area (Å²) >= 11 is 5.73. The van der Waals surface area contributed by atoms with Crippen LogP contribution in [0.3, 0.4) is 0 Å². The maximum absolute atomic E-state index is 12.8. The molecule has 1 amide bonds. The molecule has 6 heteroatoms. The van der Waals surface area contributed by atoms with Crippen LogP contribution in [-0.2, 0) is 11.2 Å². The van der Waals surface area contributed by atoms with E-state index in [4.69, 9.17) is 16.7 Å². The molecule has 0 atom stereocenters. The minimum atomic E-state index is -1.19. The third-order valence-corrected chi connectivity index (χ3v) is 3.00. The molecule has 0 saturated heterocycles. The number of amides is 1. The van der Waals surface area contributed by atoms with E-state index in [2.05, 4.69) is 5.32 Å². The van der Waals surface area contributed by atoms with E-state index in [1.54, 1.807) is 0 Å². The predicted molar refractivity (Wildman–Crippen MR) is 77.1 cm³/mol. The van der Waals surface area contributed by atoms with Crippen LogP contribution in [0.5, 0.6) is 0 Å². The molecule has 21 heavy (non-hydrogen) atoms. The molecule has 0 heterocycles. The van der Waals surface area contributed by atoms with Crippen molar-refractivity contribution in [3.05, 3.63) is 64.4 Å². The number of nitrogens with one attached hydrogen (secondary N) is 1. The summed E-state index contributed by atoms with van der Waals surface area (Å²) in [5.41, 5.74) is 0.703. The van der Waals surface area contributed by atoms with Crippen molar-refractivity contribution in [2.45, 2.75) is 6.42 Å². The van der Waals surface area contributed by atoms with E-state index in [1.165, 1.54) is 42.5 Å². The third-order valence-electron chi connectivity index (χ3n) is 2.76. The van der Waals surface area contributed by atoms with Crippen LogP contribution < -0.4 is 5.32 Å². The van der Waals surface area contributed by atoms with E-state index in [9.17, 15) is 14.0 Å². The van der Waals surface area contributed by atoms with Crippen LogP contribution in [0.15, 0.2) is 42.5 Å². The van der Waals surface area contributed by atoms with Gasteiger partial charge in [-0.05, 0) is 35.9 Å². The summed E-state index contributed by atoms with van der Waals surface area (Å²) in [7, 11) is 0. The zero-order valence-corrected chi connectivity index (χ0v) is 11.5. The predicted octanol–water partition coefficient (Wildman–Crippen LogP) is 3.36. The molecule has 4 nitrogen and oxygen atoms in total. The van der Waals surface area contributed by atoms with Gasteiger partial charge in [-0.25, -0.2) is 9.18 Å². The van der Waals surface area contributed by atoms with Gasteiger partial charge in [0.15, 0.2) is 0 Å². The van der Waals surface area contributed by atoms with Crippen LogP contribution in [0.25, 0.3) is 0 Å². The minimum absolute atomic E-state index is 0.0158. The summed E-state index contributed by atoms with van der Waals surface area (Å²) in [4.78, 5) is 23.0. The van der Waals surface area contributed by atoms with Crippen LogP contribution in [0.2, 0.25) is 5.02 Å². The highest BCUT2D eigenvalue weighted by Crippen LogP contribution is 2.21. The topological polar surface area (TPSA) is 66.4 Å². The Morgan fingerprint density at radius 1 is 1.14 bits per heavy atom. The van der Waals surface area contributed by atoms with Gasteiger partial charge in [0.1, 0.15) is 5.82 Å². The molecule has 0 aromatic heterocycles. The van der Waals surface area contributed by atoms with E-state index in [1.807, 2.05) is 0 Å². The molecule has 2 rings (SSSR count). The van der Waals surface area contributed by atoms with Gasteiger partial charge in [-0.1, -0.05) is 23.7 Å². The summed E-state index contributed by atoms with van der Waals surface area (Å²) in [5, 5.41) is 11.8. The number of halogens is 2. The molecule has 0 radical (unpaired) electrons. The number of carboxylic acid groups (broad SMARTS) is 1. The lowest BCUT2D eigenvalue weighted by Crippen LogP contribution is -2.16. The molecule has 0 aliphatic rings. The van der Waals surface area contributed by atoms with Crippen molar-refractivity contribution < 1.29 is 19.1 Å². The molecule has 0 aliphatic heterocycles. The van der Waals surface area contributed by atoms with Gasteiger partial charge in [-0.15, -0.1) is 0 Å². The highest BCUT2D eigenvalue weighted by Gasteiger charge is 2.13. The molecule has 0 spiro atoms. The molecule has 0 unspecified atom stereocenters. The second kappa shape index (κ2) is 6.37. The van der Waals surface area contributed by atoms with Crippen LogP contribution in [-0.4, -0.2) is 17.0 Å². The largest absolute Gasteiger partial charge is 0.478 e. The molecule has 108 valence electrons. The lowest BCUT2D eigenvalue weighted by molar-refractivity contribution is -0.115. The van der Waals surface area contributed by atoms with Crippen molar-refractivity contribution in [1.82, 2.24) is 0 Å². The zero-order chi connectivity index (χ0) is 15.4. The Morgan fingerprint density at radius 3 is 2.43 bits per heavy atom. The summed E-state index contributed by atoms with van der Waals surface area (Å²) < 4.78 is 12.8. The second-order valence-corrected chi connectivity index (χ2v) is 4.78. The second-order valence-electron chi connectivity index (χ2n) is 4.35. The molecule has 0 saturated carbocycles. The number of hydrogen-bond donors (Lipinski definition) is 2. The molecular formula is C15H11ClFNO3. The normalized spacial score (nSPS) is 10.2. The number of hydrogen-bond acceptors (Lipinski definition) is 2. The molecule has 0 bridgehead atoms. The third kappa shape index (κ3) is 4.03. The highest BCUT2D eigenvalue weighted by atomic mass is 35.5. The van der Waals surface area contributed by atoms with Gasteiger partial charge in [-0.2, -0.15) is 0 Å². The van der Waals surface area contributed by atoms with E-state index >= 15 is 0 Å². The van der Waals surface area contributed by atoms with Crippen molar-refractivity contribution in [1.29, 1.82) is 0 Å². The Labute approximate surface area is 125 Å². The van der Waals surface area contributed by atoms with Crippen molar-refractivity contribution in [2.75, 3.05) is 5.32 Å². The molecule has 0 aliphatic carbocycles. The fourth-order valence-electron chi connectivity index (χ4n) is 1.78. The highest BCUT2D eigenvalue weighted by molar-refractivity contribution is 6.31. The summed E-state index contributed by atoms with van der Waals surface area (Å²) in [6.07, 6.45) is 0.0158. The fraction of sp³-hybridized carbons (Fsp3) is 0.0667. The first kappa shape index (κ1) is 15.0. The van der Waals surface area contributed by atoms with Gasteiger partial charge in [0.05, 0.1) is 17.7 Å². The van der Waals surface area contributed by atoms with Crippen molar-refractivity contribution in [3.63, 3.8) is 0 Å². The quantitative estimate of drug-likeness (QED) is 0.910. The Bertz CT molecular complexity index is 686. The number of benzene rings is 2. The number of carbonyl (C=O) groups excluding carboxylic acids is 1. The number of carbonyl (C=O) groups is 2. The van der Waals surface area contributed by atoms with Crippen LogP contribution in [0, 0.1) is 5.82 Å². The van der Waals surface area contributed by atoms with Gasteiger partial charge >= 0.3 is 5.97 Å². The van der Waals surface area contributed by atoms with Crippen molar-refractivity contribution in [3.8, 4) is 0 Å². The van der Waals surface area contributed by atoms with E-state index in [0.29, 0.717) is 5.56 Å².